The second-order valence-electron chi connectivity index (χ2n) is 6.49. The van der Waals surface area contributed by atoms with Crippen LogP contribution in [0.5, 0.6) is 0 Å². The number of nitrogens with one attached hydrogen (secondary N) is 1. The number of carbonyl (C=O) groups excluding carboxylic acids is 1. The Hall–Kier alpha value is -1.74. The third kappa shape index (κ3) is 5.38. The summed E-state index contributed by atoms with van der Waals surface area (Å²) in [7, 11) is -0.0800. The van der Waals surface area contributed by atoms with Gasteiger partial charge in [0.2, 0.25) is 15.9 Å². The number of amides is 1. The number of thiophene rings is 1. The van der Waals surface area contributed by atoms with Crippen molar-refractivity contribution >= 4 is 33.0 Å². The molecule has 0 unspecified atom stereocenters. The molecular weight excluding hydrogens is 370 g/mol. The predicted molar refractivity (Wildman–Crippen MR) is 106 cm³/mol. The van der Waals surface area contributed by atoms with Crippen molar-refractivity contribution in [1.29, 1.82) is 0 Å². The lowest BCUT2D eigenvalue weighted by molar-refractivity contribution is -0.117. The van der Waals surface area contributed by atoms with E-state index in [1.54, 1.807) is 30.5 Å². The average Bonchev–Trinajstić information content (AvgIpc) is 3.07. The first-order valence-electron chi connectivity index (χ1n) is 8.27. The lowest BCUT2D eigenvalue weighted by Gasteiger charge is -2.21. The van der Waals surface area contributed by atoms with Crippen LogP contribution in [0.1, 0.15) is 19.4 Å². The number of nitrogens with zero attached hydrogens (tertiary/aromatic N) is 2. The molecule has 0 radical (unpaired) electrons. The highest BCUT2D eigenvalue weighted by atomic mass is 32.2. The molecule has 0 aliphatic carbocycles. The number of likely N-dealkylation sites (N-methyl/N-ethyl adjacent to an activating group) is 1. The quantitative estimate of drug-likeness (QED) is 0.746. The van der Waals surface area contributed by atoms with E-state index in [4.69, 9.17) is 0 Å². The summed E-state index contributed by atoms with van der Waals surface area (Å²) in [6, 6.07) is 8.15. The molecule has 142 valence electrons. The molecule has 2 rings (SSSR count). The van der Waals surface area contributed by atoms with Crippen LogP contribution < -0.4 is 5.32 Å². The van der Waals surface area contributed by atoms with Gasteiger partial charge in [-0.25, -0.2) is 8.42 Å². The molecule has 8 heteroatoms. The first-order valence-corrected chi connectivity index (χ1v) is 10.7. The maximum Gasteiger partial charge on any atom is 0.243 e. The maximum absolute atomic E-state index is 12.4. The maximum atomic E-state index is 12.4. The van der Waals surface area contributed by atoms with Crippen LogP contribution in [-0.2, 0) is 21.4 Å². The third-order valence-electron chi connectivity index (χ3n) is 3.99. The molecule has 0 bridgehead atoms. The lowest BCUT2D eigenvalue weighted by atomic mass is 10.3. The van der Waals surface area contributed by atoms with E-state index in [0.717, 1.165) is 0 Å². The van der Waals surface area contributed by atoms with Gasteiger partial charge in [-0.15, -0.1) is 0 Å². The molecule has 1 aromatic carbocycles. The van der Waals surface area contributed by atoms with Crippen LogP contribution in [0.15, 0.2) is 46.0 Å². The summed E-state index contributed by atoms with van der Waals surface area (Å²) in [5, 5.41) is 6.86. The van der Waals surface area contributed by atoms with Crippen molar-refractivity contribution in [2.75, 3.05) is 26.0 Å². The molecule has 0 aliphatic heterocycles. The second-order valence-corrected chi connectivity index (χ2v) is 9.27. The summed E-state index contributed by atoms with van der Waals surface area (Å²) >= 11 is 1.63. The number of anilines is 1. The van der Waals surface area contributed by atoms with E-state index in [1.807, 2.05) is 37.2 Å². The lowest BCUT2D eigenvalue weighted by Crippen LogP contribution is -2.33. The number of sulfonamides is 1. The molecule has 6 nitrogen and oxygen atoms in total. The highest BCUT2D eigenvalue weighted by Gasteiger charge is 2.22. The summed E-state index contributed by atoms with van der Waals surface area (Å²) in [6.45, 7) is 4.60. The Morgan fingerprint density at radius 1 is 1.15 bits per heavy atom. The molecule has 1 aromatic heterocycles. The summed E-state index contributed by atoms with van der Waals surface area (Å²) < 4.78 is 26.2. The topological polar surface area (TPSA) is 69.7 Å². The zero-order valence-electron chi connectivity index (χ0n) is 15.5. The third-order valence-corrected chi connectivity index (χ3v) is 6.77. The molecule has 0 aliphatic rings. The van der Waals surface area contributed by atoms with Crippen molar-refractivity contribution in [3.05, 3.63) is 46.7 Å². The normalized spacial score (nSPS) is 12.1. The summed E-state index contributed by atoms with van der Waals surface area (Å²) in [4.78, 5) is 14.3. The van der Waals surface area contributed by atoms with Gasteiger partial charge in [-0.3, -0.25) is 9.69 Å². The van der Waals surface area contributed by atoms with Crippen molar-refractivity contribution in [3.8, 4) is 0 Å². The fraction of sp³-hybridized carbons (Fsp3) is 0.389. The van der Waals surface area contributed by atoms with E-state index in [1.165, 1.54) is 22.0 Å². The Labute approximate surface area is 159 Å². The molecule has 0 atom stereocenters. The van der Waals surface area contributed by atoms with E-state index in [2.05, 4.69) is 10.7 Å². The number of hydrogen-bond acceptors (Lipinski definition) is 5. The zero-order chi connectivity index (χ0) is 19.3. The number of benzene rings is 1. The largest absolute Gasteiger partial charge is 0.325 e. The standard InChI is InChI=1S/C18H25N3O3S2/c1-14(2)21(4)26(23,24)17-7-5-16(6-8-17)19-18(22)12-20(3)11-15-9-10-25-13-15/h5-10,13-14H,11-12H2,1-4H3,(H,19,22). The van der Waals surface area contributed by atoms with E-state index >= 15 is 0 Å². The van der Waals surface area contributed by atoms with Gasteiger partial charge >= 0.3 is 0 Å². The van der Waals surface area contributed by atoms with Gasteiger partial charge in [-0.1, -0.05) is 0 Å². The summed E-state index contributed by atoms with van der Waals surface area (Å²) in [6.07, 6.45) is 0. The molecule has 1 amide bonds. The average molecular weight is 396 g/mol. The van der Waals surface area contributed by atoms with Crippen molar-refractivity contribution in [1.82, 2.24) is 9.21 Å². The fourth-order valence-corrected chi connectivity index (χ4v) is 4.38. The van der Waals surface area contributed by atoms with Crippen LogP contribution in [0.3, 0.4) is 0 Å². The smallest absolute Gasteiger partial charge is 0.243 e. The zero-order valence-corrected chi connectivity index (χ0v) is 17.1. The number of carbonyl (C=O) groups is 1. The van der Waals surface area contributed by atoms with E-state index in [9.17, 15) is 13.2 Å². The van der Waals surface area contributed by atoms with Gasteiger partial charge in [-0.2, -0.15) is 15.6 Å². The Kier molecular flexibility index (Phi) is 6.94. The molecule has 0 saturated carbocycles. The highest BCUT2D eigenvalue weighted by molar-refractivity contribution is 7.89. The summed E-state index contributed by atoms with van der Waals surface area (Å²) in [5.41, 5.74) is 1.75. The molecule has 1 N–H and O–H groups in total. The van der Waals surface area contributed by atoms with Gasteiger partial charge in [0.15, 0.2) is 0 Å². The van der Waals surface area contributed by atoms with Gasteiger partial charge in [0.05, 0.1) is 11.4 Å². The fourth-order valence-electron chi connectivity index (χ4n) is 2.35. The molecule has 0 spiro atoms. The van der Waals surface area contributed by atoms with Crippen LogP contribution in [0.25, 0.3) is 0 Å². The minimum absolute atomic E-state index is 0.127. The van der Waals surface area contributed by atoms with Crippen molar-refractivity contribution in [2.45, 2.75) is 31.3 Å². The van der Waals surface area contributed by atoms with Crippen molar-refractivity contribution in [2.24, 2.45) is 0 Å². The Morgan fingerprint density at radius 2 is 1.81 bits per heavy atom. The van der Waals surface area contributed by atoms with Gasteiger partial charge < -0.3 is 5.32 Å². The molecule has 0 fully saturated rings. The molecule has 2 aromatic rings. The van der Waals surface area contributed by atoms with E-state index in [-0.39, 0.29) is 23.4 Å². The molecule has 26 heavy (non-hydrogen) atoms. The van der Waals surface area contributed by atoms with E-state index < -0.39 is 10.0 Å². The molecular formula is C18H25N3O3S2. The van der Waals surface area contributed by atoms with Crippen molar-refractivity contribution < 1.29 is 13.2 Å². The van der Waals surface area contributed by atoms with Crippen LogP contribution in [-0.4, -0.2) is 50.2 Å². The van der Waals surface area contributed by atoms with Crippen LogP contribution in [0.2, 0.25) is 0 Å². The van der Waals surface area contributed by atoms with Gasteiger partial charge in [0, 0.05) is 25.3 Å². The SMILES string of the molecule is CC(C)N(C)S(=O)(=O)c1ccc(NC(=O)CN(C)Cc2ccsc2)cc1. The molecule has 1 heterocycles. The minimum atomic E-state index is -3.52. The van der Waals surface area contributed by atoms with Crippen LogP contribution in [0, 0.1) is 0 Å². The Bertz CT molecular complexity index is 816. The predicted octanol–water partition coefficient (Wildman–Crippen LogP) is 2.85. The van der Waals surface area contributed by atoms with Gasteiger partial charge in [0.1, 0.15) is 0 Å². The minimum Gasteiger partial charge on any atom is -0.325 e. The summed E-state index contributed by atoms with van der Waals surface area (Å²) in [5.74, 6) is -0.141. The first kappa shape index (κ1) is 20.6. The second kappa shape index (κ2) is 8.77. The monoisotopic (exact) mass is 395 g/mol. The van der Waals surface area contributed by atoms with Gasteiger partial charge in [0.25, 0.3) is 0 Å². The Morgan fingerprint density at radius 3 is 2.35 bits per heavy atom. The van der Waals surface area contributed by atoms with Gasteiger partial charge in [-0.05, 0) is 67.6 Å². The van der Waals surface area contributed by atoms with Crippen LogP contribution in [0.4, 0.5) is 5.69 Å². The van der Waals surface area contributed by atoms with E-state index in [0.29, 0.717) is 12.2 Å². The first-order chi connectivity index (χ1) is 12.2. The molecule has 0 saturated heterocycles. The van der Waals surface area contributed by atoms with Crippen molar-refractivity contribution in [3.63, 3.8) is 0 Å². The Balaban J connectivity index is 1.95. The van der Waals surface area contributed by atoms with Crippen LogP contribution >= 0.6 is 11.3 Å². The highest BCUT2D eigenvalue weighted by Crippen LogP contribution is 2.19. The number of rotatable bonds is 8. The number of hydrogen-bond donors (Lipinski definition) is 1.